The second kappa shape index (κ2) is 2.48. The highest BCUT2D eigenvalue weighted by atomic mass is 16.4. The Kier molecular flexibility index (Phi) is 1.46. The van der Waals surface area contributed by atoms with Crippen LogP contribution in [0, 0.1) is 0 Å². The van der Waals surface area contributed by atoms with Gasteiger partial charge in [-0.3, -0.25) is 4.79 Å². The highest BCUT2D eigenvalue weighted by Crippen LogP contribution is 2.18. The van der Waals surface area contributed by atoms with E-state index in [0.717, 1.165) is 0 Å². The minimum atomic E-state index is -0.481. The van der Waals surface area contributed by atoms with Crippen LogP contribution in [-0.2, 0) is 0 Å². The largest absolute Gasteiger partial charge is 0.429 e. The van der Waals surface area contributed by atoms with E-state index in [0.29, 0.717) is 24.2 Å². The molecule has 0 aliphatic carbocycles. The number of carbonyl (C=O) groups excluding carboxylic acids is 1. The fraction of sp³-hybridized carbons (Fsp3) is 0.250. The molecule has 62 valence electrons. The van der Waals surface area contributed by atoms with Crippen molar-refractivity contribution in [2.45, 2.75) is 6.42 Å². The quantitative estimate of drug-likeness (QED) is 0.612. The Morgan fingerprint density at radius 1 is 1.42 bits per heavy atom. The van der Waals surface area contributed by atoms with Crippen LogP contribution in [0.5, 0.6) is 0 Å². The van der Waals surface area contributed by atoms with Gasteiger partial charge in [0, 0.05) is 19.0 Å². The molecular weight excluding hydrogens is 158 g/mol. The average molecular weight is 165 g/mol. The first-order chi connectivity index (χ1) is 5.77. The maximum absolute atomic E-state index is 11.2. The van der Waals surface area contributed by atoms with E-state index >= 15 is 0 Å². The highest BCUT2D eigenvalue weighted by Gasteiger charge is 2.17. The molecule has 2 heterocycles. The van der Waals surface area contributed by atoms with Gasteiger partial charge in [-0.15, -0.1) is 0 Å². The van der Waals surface area contributed by atoms with Gasteiger partial charge in [0.15, 0.2) is 5.78 Å². The first-order valence-electron chi connectivity index (χ1n) is 3.67. The van der Waals surface area contributed by atoms with Crippen LogP contribution in [0.4, 0.5) is 5.69 Å². The van der Waals surface area contributed by atoms with Crippen LogP contribution >= 0.6 is 0 Å². The lowest BCUT2D eigenvalue weighted by atomic mass is 10.1. The molecule has 0 aromatic carbocycles. The molecule has 0 atom stereocenters. The van der Waals surface area contributed by atoms with Crippen molar-refractivity contribution >= 4 is 11.5 Å². The van der Waals surface area contributed by atoms with E-state index in [9.17, 15) is 9.59 Å². The molecular formula is C8H7NO3. The zero-order valence-corrected chi connectivity index (χ0v) is 6.29. The maximum atomic E-state index is 11.2. The Hall–Kier alpha value is -1.58. The van der Waals surface area contributed by atoms with E-state index in [1.165, 1.54) is 12.3 Å². The number of ketones is 1. The van der Waals surface area contributed by atoms with Crippen molar-refractivity contribution in [3.63, 3.8) is 0 Å². The van der Waals surface area contributed by atoms with E-state index in [1.54, 1.807) is 0 Å². The molecule has 0 bridgehead atoms. The van der Waals surface area contributed by atoms with Crippen molar-refractivity contribution in [3.05, 3.63) is 28.3 Å². The normalized spacial score (nSPS) is 15.2. The van der Waals surface area contributed by atoms with E-state index in [2.05, 4.69) is 9.73 Å². The van der Waals surface area contributed by atoms with Crippen LogP contribution < -0.4 is 10.9 Å². The van der Waals surface area contributed by atoms with Crippen molar-refractivity contribution < 1.29 is 9.21 Å². The van der Waals surface area contributed by atoms with Gasteiger partial charge in [0.1, 0.15) is 6.26 Å². The Balaban J connectivity index is 2.61. The van der Waals surface area contributed by atoms with Crippen LogP contribution in [0.3, 0.4) is 0 Å². The summed E-state index contributed by atoms with van der Waals surface area (Å²) in [6, 6.07) is 1.23. The molecule has 1 aromatic heterocycles. The number of carbonyl (C=O) groups is 1. The van der Waals surface area contributed by atoms with Crippen LogP contribution in [0.25, 0.3) is 0 Å². The number of hydrogen-bond acceptors (Lipinski definition) is 4. The molecule has 0 saturated heterocycles. The summed E-state index contributed by atoms with van der Waals surface area (Å²) in [7, 11) is 0. The van der Waals surface area contributed by atoms with Gasteiger partial charge in [0.25, 0.3) is 0 Å². The lowest BCUT2D eigenvalue weighted by Crippen LogP contribution is -2.19. The molecule has 0 fully saturated rings. The lowest BCUT2D eigenvalue weighted by molar-refractivity contribution is 0.0982. The first kappa shape index (κ1) is 7.09. The van der Waals surface area contributed by atoms with Gasteiger partial charge in [-0.1, -0.05) is 0 Å². The zero-order valence-electron chi connectivity index (χ0n) is 6.29. The first-order valence-corrected chi connectivity index (χ1v) is 3.67. The summed E-state index contributed by atoms with van der Waals surface area (Å²) in [4.78, 5) is 22.0. The summed E-state index contributed by atoms with van der Waals surface area (Å²) in [6.07, 6.45) is 1.73. The summed E-state index contributed by atoms with van der Waals surface area (Å²) < 4.78 is 4.60. The fourth-order valence-corrected chi connectivity index (χ4v) is 1.22. The van der Waals surface area contributed by atoms with E-state index < -0.39 is 5.63 Å². The summed E-state index contributed by atoms with van der Waals surface area (Å²) in [5.74, 6) is -0.00310. The topological polar surface area (TPSA) is 59.3 Å². The molecule has 2 rings (SSSR count). The molecule has 4 nitrogen and oxygen atoms in total. The number of hydrogen-bond donors (Lipinski definition) is 1. The van der Waals surface area contributed by atoms with Crippen molar-refractivity contribution in [1.82, 2.24) is 0 Å². The van der Waals surface area contributed by atoms with E-state index in [-0.39, 0.29) is 5.78 Å². The van der Waals surface area contributed by atoms with Gasteiger partial charge in [0.2, 0.25) is 0 Å². The fourth-order valence-electron chi connectivity index (χ4n) is 1.22. The molecule has 1 aliphatic heterocycles. The summed E-state index contributed by atoms with van der Waals surface area (Å²) in [5, 5.41) is 2.97. The van der Waals surface area contributed by atoms with Crippen molar-refractivity contribution in [3.8, 4) is 0 Å². The van der Waals surface area contributed by atoms with E-state index in [1.807, 2.05) is 0 Å². The third-order valence-corrected chi connectivity index (χ3v) is 1.81. The molecule has 1 N–H and O–H groups in total. The van der Waals surface area contributed by atoms with Gasteiger partial charge in [-0.25, -0.2) is 4.79 Å². The predicted molar refractivity (Wildman–Crippen MR) is 42.4 cm³/mol. The van der Waals surface area contributed by atoms with Crippen molar-refractivity contribution in [2.75, 3.05) is 11.9 Å². The average Bonchev–Trinajstić information content (AvgIpc) is 2.07. The minimum Gasteiger partial charge on any atom is -0.429 e. The third kappa shape index (κ3) is 1.01. The number of fused-ring (bicyclic) bond motifs is 1. The predicted octanol–water partition coefficient (Wildman–Crippen LogP) is 0.638. The number of anilines is 1. The Morgan fingerprint density at radius 3 is 3.08 bits per heavy atom. The highest BCUT2D eigenvalue weighted by molar-refractivity contribution is 6.02. The SMILES string of the molecule is O=C1CCNc2coc(=O)cc21. The van der Waals surface area contributed by atoms with Crippen LogP contribution in [0.1, 0.15) is 16.8 Å². The Morgan fingerprint density at radius 2 is 2.25 bits per heavy atom. The monoisotopic (exact) mass is 165 g/mol. The molecule has 1 aromatic rings. The van der Waals surface area contributed by atoms with Gasteiger partial charge >= 0.3 is 5.63 Å². The Bertz CT molecular complexity index is 380. The molecule has 0 saturated carbocycles. The third-order valence-electron chi connectivity index (χ3n) is 1.81. The molecule has 1 aliphatic rings. The lowest BCUT2D eigenvalue weighted by Gasteiger charge is -2.14. The molecule has 12 heavy (non-hydrogen) atoms. The number of rotatable bonds is 0. The summed E-state index contributed by atoms with van der Waals surface area (Å²) >= 11 is 0. The minimum absolute atomic E-state index is 0.00310. The molecule has 0 unspecified atom stereocenters. The second-order valence-corrected chi connectivity index (χ2v) is 2.63. The molecule has 0 radical (unpaired) electrons. The van der Waals surface area contributed by atoms with Gasteiger partial charge in [-0.2, -0.15) is 0 Å². The smallest absolute Gasteiger partial charge is 0.336 e. The zero-order chi connectivity index (χ0) is 8.55. The molecule has 4 heteroatoms. The number of nitrogens with one attached hydrogen (secondary N) is 1. The van der Waals surface area contributed by atoms with Crippen molar-refractivity contribution in [2.24, 2.45) is 0 Å². The standard InChI is InChI=1S/C8H7NO3/c10-7-1-2-9-6-4-12-8(11)3-5(6)7/h3-4,9H,1-2H2. The van der Waals surface area contributed by atoms with Crippen LogP contribution in [0.15, 0.2) is 21.5 Å². The van der Waals surface area contributed by atoms with Crippen LogP contribution in [-0.4, -0.2) is 12.3 Å². The summed E-state index contributed by atoms with van der Waals surface area (Å²) in [6.45, 7) is 0.611. The van der Waals surface area contributed by atoms with Gasteiger partial charge in [-0.05, 0) is 0 Å². The van der Waals surface area contributed by atoms with E-state index in [4.69, 9.17) is 0 Å². The van der Waals surface area contributed by atoms with Gasteiger partial charge in [0.05, 0.1) is 11.3 Å². The van der Waals surface area contributed by atoms with Gasteiger partial charge < -0.3 is 9.73 Å². The second-order valence-electron chi connectivity index (χ2n) is 2.63. The Labute approximate surface area is 68.2 Å². The molecule has 0 spiro atoms. The van der Waals surface area contributed by atoms with Crippen molar-refractivity contribution in [1.29, 1.82) is 0 Å². The van der Waals surface area contributed by atoms with Crippen LogP contribution in [0.2, 0.25) is 0 Å². The number of Topliss-reactive ketones (excluding diaryl/α,β-unsaturated/α-hetero) is 1. The maximum Gasteiger partial charge on any atom is 0.336 e. The summed E-state index contributed by atoms with van der Waals surface area (Å²) in [5.41, 5.74) is 0.578. The molecule has 0 amide bonds.